The third-order valence-electron chi connectivity index (χ3n) is 1.76. The van der Waals surface area contributed by atoms with Crippen molar-refractivity contribution in [2.24, 2.45) is 0 Å². The Morgan fingerprint density at radius 1 is 1.70 bits per heavy atom. The zero-order chi connectivity index (χ0) is 7.72. The van der Waals surface area contributed by atoms with Gasteiger partial charge in [-0.15, -0.1) is 0 Å². The minimum Gasteiger partial charge on any atom is -0.510 e. The summed E-state index contributed by atoms with van der Waals surface area (Å²) in [4.78, 5) is 12.7. The lowest BCUT2D eigenvalue weighted by Gasteiger charge is -2.11. The highest BCUT2D eigenvalue weighted by molar-refractivity contribution is 5.95. The molecule has 0 bridgehead atoms. The van der Waals surface area contributed by atoms with Crippen molar-refractivity contribution in [2.45, 2.75) is 13.8 Å². The molecule has 1 aliphatic heterocycles. The lowest BCUT2D eigenvalue weighted by atomic mass is 10.3. The predicted octanol–water partition coefficient (Wildman–Crippen LogP) is 0.681. The van der Waals surface area contributed by atoms with Crippen LogP contribution in [0.5, 0.6) is 0 Å². The number of rotatable bonds is 1. The monoisotopic (exact) mass is 141 g/mol. The molecule has 3 heteroatoms. The quantitative estimate of drug-likeness (QED) is 0.583. The molecule has 0 aromatic rings. The first kappa shape index (κ1) is 7.12. The maximum Gasteiger partial charge on any atom is 0.253 e. The lowest BCUT2D eigenvalue weighted by molar-refractivity contribution is -0.125. The van der Waals surface area contributed by atoms with Crippen molar-refractivity contribution < 1.29 is 9.90 Å². The zero-order valence-electron chi connectivity index (χ0n) is 6.22. The molecule has 0 unspecified atom stereocenters. The van der Waals surface area contributed by atoms with Gasteiger partial charge < -0.3 is 10.0 Å². The number of likely N-dealkylation sites (N-methyl/N-ethyl adjacent to an activating group) is 1. The molecular weight excluding hydrogens is 130 g/mol. The lowest BCUT2D eigenvalue weighted by Crippen LogP contribution is -2.26. The second-order valence-electron chi connectivity index (χ2n) is 2.39. The highest BCUT2D eigenvalue weighted by Gasteiger charge is 2.24. The maximum atomic E-state index is 11.1. The Morgan fingerprint density at radius 2 is 2.30 bits per heavy atom. The van der Waals surface area contributed by atoms with E-state index in [0.717, 1.165) is 0 Å². The van der Waals surface area contributed by atoms with Gasteiger partial charge in [0.25, 0.3) is 5.91 Å². The van der Waals surface area contributed by atoms with Crippen LogP contribution in [0.25, 0.3) is 0 Å². The number of carbonyl (C=O) groups excluding carboxylic acids is 1. The van der Waals surface area contributed by atoms with Crippen LogP contribution in [0.2, 0.25) is 0 Å². The summed E-state index contributed by atoms with van der Waals surface area (Å²) >= 11 is 0. The van der Waals surface area contributed by atoms with E-state index < -0.39 is 0 Å². The van der Waals surface area contributed by atoms with E-state index in [1.54, 1.807) is 11.8 Å². The largest absolute Gasteiger partial charge is 0.510 e. The van der Waals surface area contributed by atoms with Gasteiger partial charge in [0.2, 0.25) is 0 Å². The normalized spacial score (nSPS) is 19.0. The summed E-state index contributed by atoms with van der Waals surface area (Å²) < 4.78 is 0. The molecule has 56 valence electrons. The Kier molecular flexibility index (Phi) is 1.66. The molecular formula is C7H11NO2. The number of nitrogens with zero attached hydrogens (tertiary/aromatic N) is 1. The molecule has 0 atom stereocenters. The number of carbonyl (C=O) groups is 1. The average molecular weight is 141 g/mol. The van der Waals surface area contributed by atoms with Crippen LogP contribution in [-0.4, -0.2) is 29.0 Å². The van der Waals surface area contributed by atoms with E-state index >= 15 is 0 Å². The summed E-state index contributed by atoms with van der Waals surface area (Å²) in [6, 6.07) is 0. The molecule has 1 heterocycles. The number of amides is 1. The highest BCUT2D eigenvalue weighted by atomic mass is 16.3. The van der Waals surface area contributed by atoms with Gasteiger partial charge in [0, 0.05) is 6.54 Å². The summed E-state index contributed by atoms with van der Waals surface area (Å²) in [6.07, 6.45) is 0. The predicted molar refractivity (Wildman–Crippen MR) is 37.6 cm³/mol. The fraction of sp³-hybridized carbons (Fsp3) is 0.571. The molecule has 0 radical (unpaired) electrons. The molecule has 1 rings (SSSR count). The Bertz CT molecular complexity index is 196. The van der Waals surface area contributed by atoms with E-state index in [9.17, 15) is 4.79 Å². The van der Waals surface area contributed by atoms with E-state index in [1.807, 2.05) is 6.92 Å². The SMILES string of the molecule is CCN1CC(O)=C(C)C1=O. The molecule has 0 aromatic heterocycles. The molecule has 0 aliphatic carbocycles. The van der Waals surface area contributed by atoms with E-state index in [4.69, 9.17) is 5.11 Å². The van der Waals surface area contributed by atoms with Crippen molar-refractivity contribution in [1.29, 1.82) is 0 Å². The van der Waals surface area contributed by atoms with E-state index in [2.05, 4.69) is 0 Å². The van der Waals surface area contributed by atoms with Gasteiger partial charge in [-0.2, -0.15) is 0 Å². The van der Waals surface area contributed by atoms with Gasteiger partial charge in [-0.25, -0.2) is 0 Å². The fourth-order valence-electron chi connectivity index (χ4n) is 0.987. The second-order valence-corrected chi connectivity index (χ2v) is 2.39. The van der Waals surface area contributed by atoms with Crippen LogP contribution < -0.4 is 0 Å². The number of hydrogen-bond donors (Lipinski definition) is 1. The molecule has 3 nitrogen and oxygen atoms in total. The van der Waals surface area contributed by atoms with Crippen LogP contribution >= 0.6 is 0 Å². The van der Waals surface area contributed by atoms with Gasteiger partial charge in [0.15, 0.2) is 0 Å². The Labute approximate surface area is 59.9 Å². The smallest absolute Gasteiger partial charge is 0.253 e. The van der Waals surface area contributed by atoms with Gasteiger partial charge >= 0.3 is 0 Å². The van der Waals surface area contributed by atoms with Crippen LogP contribution in [0.4, 0.5) is 0 Å². The molecule has 0 aromatic carbocycles. The first-order valence-electron chi connectivity index (χ1n) is 3.34. The van der Waals surface area contributed by atoms with Crippen molar-refractivity contribution in [3.63, 3.8) is 0 Å². The van der Waals surface area contributed by atoms with Gasteiger partial charge in [0.1, 0.15) is 5.76 Å². The van der Waals surface area contributed by atoms with Crippen molar-refractivity contribution in [2.75, 3.05) is 13.1 Å². The average Bonchev–Trinajstić information content (AvgIpc) is 2.17. The molecule has 1 amide bonds. The van der Waals surface area contributed by atoms with Crippen LogP contribution in [-0.2, 0) is 4.79 Å². The second kappa shape index (κ2) is 2.33. The van der Waals surface area contributed by atoms with Crippen molar-refractivity contribution in [3.05, 3.63) is 11.3 Å². The Hall–Kier alpha value is -0.990. The van der Waals surface area contributed by atoms with Crippen LogP contribution in [0.15, 0.2) is 11.3 Å². The van der Waals surface area contributed by atoms with Crippen molar-refractivity contribution in [3.8, 4) is 0 Å². The maximum absolute atomic E-state index is 11.1. The Morgan fingerprint density at radius 3 is 2.50 bits per heavy atom. The van der Waals surface area contributed by atoms with Crippen molar-refractivity contribution >= 4 is 5.91 Å². The number of hydrogen-bond acceptors (Lipinski definition) is 2. The van der Waals surface area contributed by atoms with E-state index in [1.165, 1.54) is 0 Å². The van der Waals surface area contributed by atoms with Crippen LogP contribution in [0.1, 0.15) is 13.8 Å². The van der Waals surface area contributed by atoms with Crippen LogP contribution in [0.3, 0.4) is 0 Å². The van der Waals surface area contributed by atoms with Crippen molar-refractivity contribution in [1.82, 2.24) is 4.90 Å². The number of aliphatic hydroxyl groups excluding tert-OH is 1. The van der Waals surface area contributed by atoms with Gasteiger partial charge in [-0.05, 0) is 13.8 Å². The summed E-state index contributed by atoms with van der Waals surface area (Å²) in [6.45, 7) is 4.60. The first-order valence-corrected chi connectivity index (χ1v) is 3.34. The molecule has 0 spiro atoms. The summed E-state index contributed by atoms with van der Waals surface area (Å²) in [7, 11) is 0. The minimum atomic E-state index is -0.0417. The summed E-state index contributed by atoms with van der Waals surface area (Å²) in [5.74, 6) is 0.173. The molecule has 0 saturated heterocycles. The molecule has 0 fully saturated rings. The fourth-order valence-corrected chi connectivity index (χ4v) is 0.987. The minimum absolute atomic E-state index is 0.0417. The molecule has 10 heavy (non-hydrogen) atoms. The third-order valence-corrected chi connectivity index (χ3v) is 1.76. The van der Waals surface area contributed by atoms with Gasteiger partial charge in [-0.3, -0.25) is 4.79 Å². The molecule has 0 saturated carbocycles. The number of aliphatic hydroxyl groups is 1. The highest BCUT2D eigenvalue weighted by Crippen LogP contribution is 2.14. The standard InChI is InChI=1S/C7H11NO2/c1-3-8-4-6(9)5(2)7(8)10/h9H,3-4H2,1-2H3. The first-order chi connectivity index (χ1) is 4.66. The van der Waals surface area contributed by atoms with E-state index in [-0.39, 0.29) is 11.7 Å². The summed E-state index contributed by atoms with van der Waals surface area (Å²) in [5.41, 5.74) is 0.488. The third kappa shape index (κ3) is 0.875. The van der Waals surface area contributed by atoms with E-state index in [0.29, 0.717) is 18.7 Å². The topological polar surface area (TPSA) is 40.5 Å². The molecule has 1 aliphatic rings. The van der Waals surface area contributed by atoms with Gasteiger partial charge in [0.05, 0.1) is 12.1 Å². The zero-order valence-corrected chi connectivity index (χ0v) is 6.22. The molecule has 1 N–H and O–H groups in total. The van der Waals surface area contributed by atoms with Gasteiger partial charge in [-0.1, -0.05) is 0 Å². The summed E-state index contributed by atoms with van der Waals surface area (Å²) in [5, 5.41) is 9.09. The van der Waals surface area contributed by atoms with Crippen LogP contribution in [0, 0.1) is 0 Å². The Balaban J connectivity index is 2.77.